The van der Waals surface area contributed by atoms with Crippen molar-refractivity contribution in [3.05, 3.63) is 24.3 Å². The van der Waals surface area contributed by atoms with Gasteiger partial charge in [-0.15, -0.1) is 0 Å². The molecule has 0 spiro atoms. The number of carbonyl (C=O) groups is 1. The summed E-state index contributed by atoms with van der Waals surface area (Å²) in [5, 5.41) is 3.34. The SMILES string of the molecule is C[C@@H]1CNCCN1C(=O)C1CCN(c2nc3ccccc3o2)CC1. The van der Waals surface area contributed by atoms with Gasteiger partial charge < -0.3 is 19.5 Å². The van der Waals surface area contributed by atoms with E-state index in [0.29, 0.717) is 18.0 Å². The minimum atomic E-state index is 0.131. The predicted molar refractivity (Wildman–Crippen MR) is 93.0 cm³/mol. The fraction of sp³-hybridized carbons (Fsp3) is 0.556. The number of hydrogen-bond acceptors (Lipinski definition) is 5. The second-order valence-electron chi connectivity index (χ2n) is 6.81. The summed E-state index contributed by atoms with van der Waals surface area (Å²) < 4.78 is 5.85. The molecule has 1 N–H and O–H groups in total. The Hall–Kier alpha value is -2.08. The van der Waals surface area contributed by atoms with Crippen LogP contribution in [-0.4, -0.2) is 54.6 Å². The lowest BCUT2D eigenvalue weighted by atomic mass is 9.94. The van der Waals surface area contributed by atoms with Gasteiger partial charge in [0, 0.05) is 44.7 Å². The molecule has 0 radical (unpaired) electrons. The fourth-order valence-electron chi connectivity index (χ4n) is 3.72. The van der Waals surface area contributed by atoms with Crippen LogP contribution in [0.4, 0.5) is 6.01 Å². The van der Waals surface area contributed by atoms with E-state index in [9.17, 15) is 4.79 Å². The number of piperazine rings is 1. The van der Waals surface area contributed by atoms with Crippen molar-refractivity contribution in [2.45, 2.75) is 25.8 Å². The van der Waals surface area contributed by atoms with Gasteiger partial charge in [-0.3, -0.25) is 4.79 Å². The maximum atomic E-state index is 12.8. The summed E-state index contributed by atoms with van der Waals surface area (Å²) in [5.41, 5.74) is 1.71. The molecule has 6 nitrogen and oxygen atoms in total. The Balaban J connectivity index is 1.40. The standard InChI is InChI=1S/C18H24N4O2/c1-13-12-19-8-11-22(13)17(23)14-6-9-21(10-7-14)18-20-15-4-2-3-5-16(15)24-18/h2-5,13-14,19H,6-12H2,1H3/t13-/m1/s1. The number of fused-ring (bicyclic) bond motifs is 1. The van der Waals surface area contributed by atoms with Gasteiger partial charge in [-0.1, -0.05) is 12.1 Å². The van der Waals surface area contributed by atoms with Crippen molar-refractivity contribution in [3.63, 3.8) is 0 Å². The molecule has 1 aromatic carbocycles. The van der Waals surface area contributed by atoms with E-state index in [4.69, 9.17) is 4.42 Å². The Morgan fingerprint density at radius 2 is 2.04 bits per heavy atom. The Morgan fingerprint density at radius 3 is 2.79 bits per heavy atom. The molecule has 6 heteroatoms. The van der Waals surface area contributed by atoms with E-state index in [1.807, 2.05) is 24.3 Å². The van der Waals surface area contributed by atoms with Gasteiger partial charge in [-0.2, -0.15) is 4.98 Å². The molecule has 2 saturated heterocycles. The Bertz CT molecular complexity index is 688. The fourth-order valence-corrected chi connectivity index (χ4v) is 3.72. The summed E-state index contributed by atoms with van der Waals surface area (Å²) in [6.45, 7) is 6.39. The Kier molecular flexibility index (Phi) is 4.14. The third kappa shape index (κ3) is 2.86. The Morgan fingerprint density at radius 1 is 1.25 bits per heavy atom. The third-order valence-corrected chi connectivity index (χ3v) is 5.18. The highest BCUT2D eigenvalue weighted by Crippen LogP contribution is 2.27. The molecule has 4 rings (SSSR count). The summed E-state index contributed by atoms with van der Waals surface area (Å²) in [6.07, 6.45) is 1.74. The zero-order valence-electron chi connectivity index (χ0n) is 14.1. The first kappa shape index (κ1) is 15.4. The van der Waals surface area contributed by atoms with E-state index >= 15 is 0 Å². The number of carbonyl (C=O) groups excluding carboxylic acids is 1. The normalized spacial score (nSPS) is 23.0. The number of anilines is 1. The van der Waals surface area contributed by atoms with Crippen LogP contribution in [0.3, 0.4) is 0 Å². The van der Waals surface area contributed by atoms with Crippen molar-refractivity contribution in [1.82, 2.24) is 15.2 Å². The van der Waals surface area contributed by atoms with E-state index in [2.05, 4.69) is 27.0 Å². The number of benzene rings is 1. The zero-order chi connectivity index (χ0) is 16.5. The molecule has 2 fully saturated rings. The molecule has 0 unspecified atom stereocenters. The minimum Gasteiger partial charge on any atom is -0.423 e. The zero-order valence-corrected chi connectivity index (χ0v) is 14.1. The number of amides is 1. The summed E-state index contributed by atoms with van der Waals surface area (Å²) in [4.78, 5) is 21.6. The van der Waals surface area contributed by atoms with Crippen LogP contribution in [0.2, 0.25) is 0 Å². The van der Waals surface area contributed by atoms with Crippen LogP contribution in [0, 0.1) is 5.92 Å². The van der Waals surface area contributed by atoms with Gasteiger partial charge in [0.1, 0.15) is 5.52 Å². The maximum absolute atomic E-state index is 12.8. The number of oxazole rings is 1. The second-order valence-corrected chi connectivity index (χ2v) is 6.81. The van der Waals surface area contributed by atoms with Crippen LogP contribution in [0.1, 0.15) is 19.8 Å². The molecule has 24 heavy (non-hydrogen) atoms. The van der Waals surface area contributed by atoms with Crippen molar-refractivity contribution in [3.8, 4) is 0 Å². The molecular formula is C18H24N4O2. The van der Waals surface area contributed by atoms with Crippen LogP contribution in [0.5, 0.6) is 0 Å². The van der Waals surface area contributed by atoms with E-state index in [1.165, 1.54) is 0 Å². The van der Waals surface area contributed by atoms with Crippen LogP contribution in [-0.2, 0) is 4.79 Å². The third-order valence-electron chi connectivity index (χ3n) is 5.18. The molecule has 0 saturated carbocycles. The van der Waals surface area contributed by atoms with Gasteiger partial charge in [0.2, 0.25) is 5.91 Å². The molecule has 1 amide bonds. The lowest BCUT2D eigenvalue weighted by Gasteiger charge is -2.38. The molecule has 2 aromatic rings. The number of nitrogens with one attached hydrogen (secondary N) is 1. The van der Waals surface area contributed by atoms with E-state index in [0.717, 1.165) is 56.7 Å². The van der Waals surface area contributed by atoms with Crippen molar-refractivity contribution >= 4 is 23.0 Å². The average Bonchev–Trinajstić information content (AvgIpc) is 3.06. The predicted octanol–water partition coefficient (Wildman–Crippen LogP) is 1.86. The average molecular weight is 328 g/mol. The molecule has 0 bridgehead atoms. The van der Waals surface area contributed by atoms with Crippen molar-refractivity contribution < 1.29 is 9.21 Å². The van der Waals surface area contributed by atoms with Gasteiger partial charge in [0.05, 0.1) is 0 Å². The number of piperidine rings is 1. The van der Waals surface area contributed by atoms with Crippen molar-refractivity contribution in [1.29, 1.82) is 0 Å². The quantitative estimate of drug-likeness (QED) is 0.912. The van der Waals surface area contributed by atoms with Crippen LogP contribution in [0.15, 0.2) is 28.7 Å². The molecule has 128 valence electrons. The molecule has 3 heterocycles. The van der Waals surface area contributed by atoms with Gasteiger partial charge in [0.25, 0.3) is 6.01 Å². The maximum Gasteiger partial charge on any atom is 0.298 e. The second kappa shape index (κ2) is 6.43. The number of rotatable bonds is 2. The highest BCUT2D eigenvalue weighted by Gasteiger charge is 2.32. The van der Waals surface area contributed by atoms with Crippen LogP contribution >= 0.6 is 0 Å². The van der Waals surface area contributed by atoms with Crippen molar-refractivity contribution in [2.24, 2.45) is 5.92 Å². The molecule has 0 aliphatic carbocycles. The van der Waals surface area contributed by atoms with Crippen molar-refractivity contribution in [2.75, 3.05) is 37.6 Å². The lowest BCUT2D eigenvalue weighted by Crippen LogP contribution is -2.54. The van der Waals surface area contributed by atoms with Gasteiger partial charge in [0.15, 0.2) is 5.58 Å². The van der Waals surface area contributed by atoms with Gasteiger partial charge in [-0.25, -0.2) is 0 Å². The first-order chi connectivity index (χ1) is 11.7. The molecule has 2 aliphatic rings. The minimum absolute atomic E-state index is 0.131. The molecule has 2 aliphatic heterocycles. The monoisotopic (exact) mass is 328 g/mol. The summed E-state index contributed by atoms with van der Waals surface area (Å²) in [5.74, 6) is 0.451. The highest BCUT2D eigenvalue weighted by molar-refractivity contribution is 5.80. The molecule has 1 aromatic heterocycles. The van der Waals surface area contributed by atoms with E-state index < -0.39 is 0 Å². The molecular weight excluding hydrogens is 304 g/mol. The number of hydrogen-bond donors (Lipinski definition) is 1. The van der Waals surface area contributed by atoms with Crippen LogP contribution in [0.25, 0.3) is 11.1 Å². The molecule has 1 atom stereocenters. The van der Waals surface area contributed by atoms with E-state index in [-0.39, 0.29) is 5.92 Å². The Labute approximate surface area is 141 Å². The number of aromatic nitrogens is 1. The number of para-hydroxylation sites is 2. The van der Waals surface area contributed by atoms with Crippen LogP contribution < -0.4 is 10.2 Å². The highest BCUT2D eigenvalue weighted by atomic mass is 16.4. The number of nitrogens with zero attached hydrogens (tertiary/aromatic N) is 3. The van der Waals surface area contributed by atoms with Gasteiger partial charge in [-0.05, 0) is 31.9 Å². The first-order valence-electron chi connectivity index (χ1n) is 8.84. The summed E-state index contributed by atoms with van der Waals surface area (Å²) in [7, 11) is 0. The summed E-state index contributed by atoms with van der Waals surface area (Å²) >= 11 is 0. The summed E-state index contributed by atoms with van der Waals surface area (Å²) in [6, 6.07) is 8.79. The van der Waals surface area contributed by atoms with Gasteiger partial charge >= 0.3 is 0 Å². The largest absolute Gasteiger partial charge is 0.423 e. The lowest BCUT2D eigenvalue weighted by molar-refractivity contribution is -0.139. The topological polar surface area (TPSA) is 61.6 Å². The first-order valence-corrected chi connectivity index (χ1v) is 8.84. The van der Waals surface area contributed by atoms with E-state index in [1.54, 1.807) is 0 Å². The smallest absolute Gasteiger partial charge is 0.298 e.